The number of anilines is 1. The van der Waals surface area contributed by atoms with E-state index >= 15 is 0 Å². The van der Waals surface area contributed by atoms with E-state index < -0.39 is 0 Å². The summed E-state index contributed by atoms with van der Waals surface area (Å²) in [4.78, 5) is 13.7. The largest absolute Gasteiger partial charge is 0.366 e. The highest BCUT2D eigenvalue weighted by atomic mass is 16.1. The van der Waals surface area contributed by atoms with Crippen molar-refractivity contribution >= 4 is 11.5 Å². The minimum absolute atomic E-state index is 0.0898. The van der Waals surface area contributed by atoms with E-state index in [-0.39, 0.29) is 11.3 Å². The summed E-state index contributed by atoms with van der Waals surface area (Å²) in [5, 5.41) is 0. The first-order valence-electron chi connectivity index (χ1n) is 6.55. The van der Waals surface area contributed by atoms with Gasteiger partial charge in [0.15, 0.2) is 5.78 Å². The molecule has 2 rings (SSSR count). The molecule has 3 heteroatoms. The number of carbonyl (C=O) groups excluding carboxylic acids is 1. The van der Waals surface area contributed by atoms with Gasteiger partial charge in [0.2, 0.25) is 0 Å². The lowest BCUT2D eigenvalue weighted by molar-refractivity contribution is 0.101. The van der Waals surface area contributed by atoms with Crippen molar-refractivity contribution in [2.45, 2.75) is 32.7 Å². The highest BCUT2D eigenvalue weighted by molar-refractivity contribution is 5.94. The van der Waals surface area contributed by atoms with Crippen molar-refractivity contribution in [3.8, 4) is 0 Å². The summed E-state index contributed by atoms with van der Waals surface area (Å²) < 4.78 is 0. The predicted octanol–water partition coefficient (Wildman–Crippen LogP) is 2.45. The highest BCUT2D eigenvalue weighted by Gasteiger charge is 2.40. The zero-order valence-corrected chi connectivity index (χ0v) is 11.4. The number of ketones is 1. The second kappa shape index (κ2) is 4.73. The van der Waals surface area contributed by atoms with E-state index in [1.54, 1.807) is 6.92 Å². The average molecular weight is 246 g/mol. The van der Waals surface area contributed by atoms with Gasteiger partial charge in [-0.15, -0.1) is 0 Å². The third-order valence-corrected chi connectivity index (χ3v) is 4.27. The van der Waals surface area contributed by atoms with E-state index in [9.17, 15) is 4.79 Å². The molecule has 0 radical (unpaired) electrons. The molecule has 3 nitrogen and oxygen atoms in total. The molecule has 18 heavy (non-hydrogen) atoms. The van der Waals surface area contributed by atoms with Crippen molar-refractivity contribution in [1.29, 1.82) is 0 Å². The summed E-state index contributed by atoms with van der Waals surface area (Å²) in [5.74, 6) is 0.645. The Hall–Kier alpha value is -1.35. The van der Waals surface area contributed by atoms with Crippen LogP contribution in [0.4, 0.5) is 5.69 Å². The lowest BCUT2D eigenvalue weighted by atomic mass is 9.88. The van der Waals surface area contributed by atoms with Crippen molar-refractivity contribution in [1.82, 2.24) is 0 Å². The maximum atomic E-state index is 11.3. The van der Waals surface area contributed by atoms with Crippen LogP contribution in [0.25, 0.3) is 0 Å². The molecule has 0 saturated carbocycles. The van der Waals surface area contributed by atoms with Gasteiger partial charge >= 0.3 is 0 Å². The van der Waals surface area contributed by atoms with Crippen molar-refractivity contribution in [3.63, 3.8) is 0 Å². The van der Waals surface area contributed by atoms with Gasteiger partial charge in [-0.2, -0.15) is 0 Å². The first-order valence-corrected chi connectivity index (χ1v) is 6.55. The minimum Gasteiger partial charge on any atom is -0.366 e. The van der Waals surface area contributed by atoms with Gasteiger partial charge in [-0.25, -0.2) is 0 Å². The van der Waals surface area contributed by atoms with Crippen LogP contribution in [0.5, 0.6) is 0 Å². The van der Waals surface area contributed by atoms with Gasteiger partial charge in [-0.05, 0) is 63.9 Å². The quantitative estimate of drug-likeness (QED) is 0.833. The summed E-state index contributed by atoms with van der Waals surface area (Å²) in [6.45, 7) is 7.86. The number of nitrogens with zero attached hydrogens (tertiary/aromatic N) is 1. The van der Waals surface area contributed by atoms with Gasteiger partial charge in [-0.1, -0.05) is 0 Å². The van der Waals surface area contributed by atoms with Crippen LogP contribution in [0.15, 0.2) is 24.3 Å². The Bertz CT molecular complexity index is 436. The topological polar surface area (TPSA) is 46.3 Å². The van der Waals surface area contributed by atoms with Gasteiger partial charge in [0.25, 0.3) is 0 Å². The van der Waals surface area contributed by atoms with Crippen LogP contribution < -0.4 is 10.6 Å². The molecule has 1 aliphatic rings. The van der Waals surface area contributed by atoms with Crippen LogP contribution in [0, 0.1) is 5.92 Å². The van der Waals surface area contributed by atoms with Gasteiger partial charge in [0, 0.05) is 23.3 Å². The van der Waals surface area contributed by atoms with Crippen LogP contribution >= 0.6 is 0 Å². The van der Waals surface area contributed by atoms with E-state index in [1.165, 1.54) is 5.69 Å². The number of carbonyl (C=O) groups is 1. The average Bonchev–Trinajstić information content (AvgIpc) is 2.64. The summed E-state index contributed by atoms with van der Waals surface area (Å²) >= 11 is 0. The molecule has 0 spiro atoms. The Morgan fingerprint density at radius 1 is 1.39 bits per heavy atom. The molecule has 1 fully saturated rings. The van der Waals surface area contributed by atoms with Gasteiger partial charge in [0.05, 0.1) is 0 Å². The first-order chi connectivity index (χ1) is 8.46. The lowest BCUT2D eigenvalue weighted by Crippen LogP contribution is -2.44. The molecule has 0 aromatic heterocycles. The number of benzene rings is 1. The molecule has 1 aromatic rings. The maximum Gasteiger partial charge on any atom is 0.159 e. The molecule has 1 unspecified atom stereocenters. The fourth-order valence-corrected chi connectivity index (χ4v) is 2.89. The molecule has 0 aliphatic carbocycles. The molecule has 1 aliphatic heterocycles. The van der Waals surface area contributed by atoms with Crippen LogP contribution in [-0.4, -0.2) is 24.4 Å². The number of hydrogen-bond acceptors (Lipinski definition) is 3. The third kappa shape index (κ3) is 2.15. The first kappa shape index (κ1) is 13.1. The Kier molecular flexibility index (Phi) is 3.44. The van der Waals surface area contributed by atoms with Crippen LogP contribution in [-0.2, 0) is 0 Å². The number of nitrogens with two attached hydrogens (primary N) is 1. The number of rotatable bonds is 3. The van der Waals surface area contributed by atoms with Crippen LogP contribution in [0.3, 0.4) is 0 Å². The van der Waals surface area contributed by atoms with Crippen molar-refractivity contribution in [2.24, 2.45) is 11.7 Å². The Labute approximate surface area is 109 Å². The third-order valence-electron chi connectivity index (χ3n) is 4.27. The molecule has 0 bridgehead atoms. The lowest BCUT2D eigenvalue weighted by Gasteiger charge is -2.37. The molecular weight excluding hydrogens is 224 g/mol. The zero-order valence-electron chi connectivity index (χ0n) is 11.4. The maximum absolute atomic E-state index is 11.3. The second-order valence-corrected chi connectivity index (χ2v) is 5.63. The second-order valence-electron chi connectivity index (χ2n) is 5.63. The van der Waals surface area contributed by atoms with E-state index in [0.29, 0.717) is 5.92 Å². The molecule has 98 valence electrons. The smallest absolute Gasteiger partial charge is 0.159 e. The normalized spacial score (nSPS) is 22.2. The number of Topliss-reactive ketones (excluding diaryl/α,β-unsaturated/α-hetero) is 1. The van der Waals surface area contributed by atoms with Crippen LogP contribution in [0.2, 0.25) is 0 Å². The summed E-state index contributed by atoms with van der Waals surface area (Å²) in [6, 6.07) is 7.89. The minimum atomic E-state index is 0.0898. The van der Waals surface area contributed by atoms with E-state index in [4.69, 9.17) is 5.73 Å². The van der Waals surface area contributed by atoms with Crippen molar-refractivity contribution in [3.05, 3.63) is 29.8 Å². The fourth-order valence-electron chi connectivity index (χ4n) is 2.89. The van der Waals surface area contributed by atoms with E-state index in [1.807, 2.05) is 24.3 Å². The molecule has 1 heterocycles. The van der Waals surface area contributed by atoms with Gasteiger partial charge < -0.3 is 10.6 Å². The SMILES string of the molecule is CC(=O)c1ccc(N2CCC(CN)C2(C)C)cc1. The molecule has 1 saturated heterocycles. The molecule has 1 atom stereocenters. The van der Waals surface area contributed by atoms with E-state index in [2.05, 4.69) is 18.7 Å². The molecule has 1 aromatic carbocycles. The Morgan fingerprint density at radius 3 is 2.44 bits per heavy atom. The van der Waals surface area contributed by atoms with Crippen LogP contribution in [0.1, 0.15) is 37.6 Å². The monoisotopic (exact) mass is 246 g/mol. The summed E-state index contributed by atoms with van der Waals surface area (Å²) in [7, 11) is 0. The molecule has 2 N–H and O–H groups in total. The fraction of sp³-hybridized carbons (Fsp3) is 0.533. The predicted molar refractivity (Wildman–Crippen MR) is 75.0 cm³/mol. The summed E-state index contributed by atoms with van der Waals surface area (Å²) in [5.41, 5.74) is 7.88. The Morgan fingerprint density at radius 2 is 2.00 bits per heavy atom. The van der Waals surface area contributed by atoms with Crippen molar-refractivity contribution < 1.29 is 4.79 Å². The van der Waals surface area contributed by atoms with Gasteiger partial charge in [0.1, 0.15) is 0 Å². The highest BCUT2D eigenvalue weighted by Crippen LogP contribution is 2.37. The summed E-state index contributed by atoms with van der Waals surface area (Å²) in [6.07, 6.45) is 1.14. The molecular formula is C15H22N2O. The van der Waals surface area contributed by atoms with E-state index in [0.717, 1.165) is 25.1 Å². The standard InChI is InChI=1S/C15H22N2O/c1-11(18)12-4-6-14(7-5-12)17-9-8-13(10-16)15(17,2)3/h4-7,13H,8-10,16H2,1-3H3. The number of hydrogen-bond donors (Lipinski definition) is 1. The zero-order chi connectivity index (χ0) is 13.3. The van der Waals surface area contributed by atoms with Crippen molar-refractivity contribution in [2.75, 3.05) is 18.0 Å². The molecule has 0 amide bonds. The Balaban J connectivity index is 2.25. The van der Waals surface area contributed by atoms with Gasteiger partial charge in [-0.3, -0.25) is 4.79 Å².